The quantitative estimate of drug-likeness (QED) is 0.567. The molecule has 0 unspecified atom stereocenters. The maximum atomic E-state index is 11.4. The maximum Gasteiger partial charge on any atom is 0.303 e. The van der Waals surface area contributed by atoms with E-state index in [2.05, 4.69) is 0 Å². The summed E-state index contributed by atoms with van der Waals surface area (Å²) >= 11 is 0. The summed E-state index contributed by atoms with van der Waals surface area (Å²) in [7, 11) is 0. The first-order chi connectivity index (χ1) is 9.60. The Hall–Kier alpha value is -2.05. The Bertz CT molecular complexity index is 470. The first-order valence-corrected chi connectivity index (χ1v) is 6.46. The van der Waals surface area contributed by atoms with Gasteiger partial charge in [-0.2, -0.15) is 0 Å². The molecular formula is C14H20O7. The van der Waals surface area contributed by atoms with E-state index in [1.165, 1.54) is 33.1 Å². The minimum absolute atomic E-state index is 0.139. The molecular weight excluding hydrogens is 280 g/mol. The molecule has 1 rings (SSSR count). The Balaban J connectivity index is 3.14. The fourth-order valence-corrected chi connectivity index (χ4v) is 2.17. The minimum Gasteiger partial charge on any atom is -0.490 e. The molecule has 0 spiro atoms. The van der Waals surface area contributed by atoms with E-state index < -0.39 is 35.2 Å². The molecule has 0 aromatic heterocycles. The number of hydrogen-bond donors (Lipinski definition) is 0. The van der Waals surface area contributed by atoms with Gasteiger partial charge < -0.3 is 18.9 Å². The van der Waals surface area contributed by atoms with E-state index in [0.717, 1.165) is 0 Å². The van der Waals surface area contributed by atoms with Crippen LogP contribution in [0.2, 0.25) is 0 Å². The molecule has 7 heteroatoms. The fourth-order valence-electron chi connectivity index (χ4n) is 2.17. The Morgan fingerprint density at radius 1 is 1.05 bits per heavy atom. The lowest BCUT2D eigenvalue weighted by molar-refractivity contribution is -0.228. The van der Waals surface area contributed by atoms with Crippen molar-refractivity contribution in [1.82, 2.24) is 0 Å². The molecule has 0 saturated heterocycles. The molecule has 1 heterocycles. The zero-order valence-corrected chi connectivity index (χ0v) is 12.8. The highest BCUT2D eigenvalue weighted by Gasteiger charge is 2.57. The van der Waals surface area contributed by atoms with Crippen molar-refractivity contribution in [3.05, 3.63) is 12.3 Å². The first-order valence-electron chi connectivity index (χ1n) is 6.46. The third kappa shape index (κ3) is 3.74. The monoisotopic (exact) mass is 300 g/mol. The molecule has 0 aliphatic carbocycles. The highest BCUT2D eigenvalue weighted by atomic mass is 16.6. The summed E-state index contributed by atoms with van der Waals surface area (Å²) in [6, 6.07) is 0. The number of carbonyl (C=O) groups is 3. The third-order valence-electron chi connectivity index (χ3n) is 3.38. The smallest absolute Gasteiger partial charge is 0.303 e. The summed E-state index contributed by atoms with van der Waals surface area (Å²) in [6.07, 6.45) is 2.02. The number of carbonyl (C=O) groups excluding carboxylic acids is 3. The van der Waals surface area contributed by atoms with Crippen molar-refractivity contribution in [2.45, 2.75) is 51.9 Å². The van der Waals surface area contributed by atoms with Crippen molar-refractivity contribution in [3.8, 4) is 0 Å². The molecule has 0 aromatic rings. The van der Waals surface area contributed by atoms with Gasteiger partial charge in [0.15, 0.2) is 17.3 Å². The van der Waals surface area contributed by atoms with Gasteiger partial charge in [-0.25, -0.2) is 0 Å². The molecule has 1 aliphatic heterocycles. The zero-order chi connectivity index (χ0) is 16.3. The van der Waals surface area contributed by atoms with Crippen molar-refractivity contribution >= 4 is 17.9 Å². The zero-order valence-electron chi connectivity index (χ0n) is 12.8. The van der Waals surface area contributed by atoms with Gasteiger partial charge in [-0.1, -0.05) is 0 Å². The van der Waals surface area contributed by atoms with Crippen LogP contribution in [0.4, 0.5) is 0 Å². The number of esters is 3. The van der Waals surface area contributed by atoms with Gasteiger partial charge in [0.25, 0.3) is 0 Å². The number of rotatable bonds is 4. The Labute approximate surface area is 123 Å². The highest BCUT2D eigenvalue weighted by molar-refractivity contribution is 5.69. The van der Waals surface area contributed by atoms with Crippen molar-refractivity contribution in [2.24, 2.45) is 0 Å². The van der Waals surface area contributed by atoms with Gasteiger partial charge in [0.05, 0.1) is 6.26 Å². The first kappa shape index (κ1) is 17.0. The van der Waals surface area contributed by atoms with E-state index in [9.17, 15) is 14.4 Å². The molecule has 0 fully saturated rings. The summed E-state index contributed by atoms with van der Waals surface area (Å²) in [4.78, 5) is 33.7. The van der Waals surface area contributed by atoms with Gasteiger partial charge in [0.2, 0.25) is 0 Å². The SMILES string of the molecule is CC(=O)OC[C@H]1OC=C[C@@](C)(OC(C)=O)[C@]1(C)OC(C)=O. The molecule has 0 aromatic carbocycles. The van der Waals surface area contributed by atoms with Gasteiger partial charge in [-0.3, -0.25) is 14.4 Å². The molecule has 3 atom stereocenters. The molecule has 0 amide bonds. The van der Waals surface area contributed by atoms with Crippen LogP contribution in [0.25, 0.3) is 0 Å². The summed E-state index contributed by atoms with van der Waals surface area (Å²) in [5, 5.41) is 0. The summed E-state index contributed by atoms with van der Waals surface area (Å²) in [6.45, 7) is 6.77. The van der Waals surface area contributed by atoms with Crippen LogP contribution in [0.3, 0.4) is 0 Å². The van der Waals surface area contributed by atoms with Crippen molar-refractivity contribution in [2.75, 3.05) is 6.61 Å². The topological polar surface area (TPSA) is 88.1 Å². The van der Waals surface area contributed by atoms with Crippen LogP contribution in [0, 0.1) is 0 Å². The van der Waals surface area contributed by atoms with Crippen molar-refractivity contribution < 1.29 is 33.3 Å². The standard InChI is InChI=1S/C14H20O7/c1-9(15)19-8-12-14(5,21-11(3)17)13(4,6-7-18-12)20-10(2)16/h6-7,12H,8H2,1-5H3/t12-,13-,14-/m1/s1. The van der Waals surface area contributed by atoms with Gasteiger partial charge in [0, 0.05) is 20.8 Å². The summed E-state index contributed by atoms with van der Waals surface area (Å²) in [5.41, 5.74) is -2.58. The minimum atomic E-state index is -1.34. The second-order valence-corrected chi connectivity index (χ2v) is 5.13. The Morgan fingerprint density at radius 3 is 2.10 bits per heavy atom. The summed E-state index contributed by atoms with van der Waals surface area (Å²) in [5.74, 6) is -1.59. The van der Waals surface area contributed by atoms with Crippen LogP contribution in [0.1, 0.15) is 34.6 Å². The largest absolute Gasteiger partial charge is 0.490 e. The molecule has 0 saturated carbocycles. The van der Waals surface area contributed by atoms with E-state index in [4.69, 9.17) is 18.9 Å². The Kier molecular flexibility index (Phi) is 4.98. The second kappa shape index (κ2) is 6.15. The number of ether oxygens (including phenoxy) is 4. The van der Waals surface area contributed by atoms with Crippen LogP contribution in [-0.4, -0.2) is 41.8 Å². The van der Waals surface area contributed by atoms with Crippen molar-refractivity contribution in [3.63, 3.8) is 0 Å². The predicted octanol–water partition coefficient (Wildman–Crippen LogP) is 1.11. The molecule has 1 aliphatic rings. The molecule has 0 N–H and O–H groups in total. The lowest BCUT2D eigenvalue weighted by atomic mass is 9.79. The summed E-state index contributed by atoms with van der Waals surface area (Å²) < 4.78 is 21.0. The van der Waals surface area contributed by atoms with Gasteiger partial charge >= 0.3 is 17.9 Å². The van der Waals surface area contributed by atoms with Crippen LogP contribution in [-0.2, 0) is 33.3 Å². The van der Waals surface area contributed by atoms with E-state index in [1.807, 2.05) is 0 Å². The van der Waals surface area contributed by atoms with Gasteiger partial charge in [-0.05, 0) is 19.9 Å². The lowest BCUT2D eigenvalue weighted by Gasteiger charge is -2.48. The van der Waals surface area contributed by atoms with E-state index in [1.54, 1.807) is 13.8 Å². The molecule has 0 bridgehead atoms. The molecule has 0 radical (unpaired) electrons. The maximum absolute atomic E-state index is 11.4. The normalized spacial score (nSPS) is 31.0. The van der Waals surface area contributed by atoms with Crippen LogP contribution in [0.5, 0.6) is 0 Å². The lowest BCUT2D eigenvalue weighted by Crippen LogP contribution is -2.64. The Morgan fingerprint density at radius 2 is 1.62 bits per heavy atom. The van der Waals surface area contributed by atoms with Crippen LogP contribution in [0.15, 0.2) is 12.3 Å². The number of hydrogen-bond acceptors (Lipinski definition) is 7. The van der Waals surface area contributed by atoms with Crippen molar-refractivity contribution in [1.29, 1.82) is 0 Å². The molecule has 7 nitrogen and oxygen atoms in total. The molecule has 118 valence electrons. The van der Waals surface area contributed by atoms with E-state index >= 15 is 0 Å². The second-order valence-electron chi connectivity index (χ2n) is 5.13. The van der Waals surface area contributed by atoms with Gasteiger partial charge in [0.1, 0.15) is 6.61 Å². The molecule has 21 heavy (non-hydrogen) atoms. The van der Waals surface area contributed by atoms with E-state index in [0.29, 0.717) is 0 Å². The fraction of sp³-hybridized carbons (Fsp3) is 0.643. The average molecular weight is 300 g/mol. The highest BCUT2D eigenvalue weighted by Crippen LogP contribution is 2.39. The predicted molar refractivity (Wildman–Crippen MR) is 71.0 cm³/mol. The average Bonchev–Trinajstić information content (AvgIpc) is 2.29. The van der Waals surface area contributed by atoms with Gasteiger partial charge in [-0.15, -0.1) is 0 Å². The van der Waals surface area contributed by atoms with E-state index in [-0.39, 0.29) is 6.61 Å². The van der Waals surface area contributed by atoms with Crippen LogP contribution >= 0.6 is 0 Å². The third-order valence-corrected chi connectivity index (χ3v) is 3.38. The van der Waals surface area contributed by atoms with Crippen LogP contribution < -0.4 is 0 Å².